The van der Waals surface area contributed by atoms with Crippen molar-refractivity contribution in [1.29, 1.82) is 0 Å². The number of carboxylic acids is 1. The first-order valence-corrected chi connectivity index (χ1v) is 7.28. The molecule has 2 aliphatic rings. The van der Waals surface area contributed by atoms with Crippen molar-refractivity contribution in [1.82, 2.24) is 0 Å². The van der Waals surface area contributed by atoms with Crippen LogP contribution in [0.5, 0.6) is 0 Å². The molecule has 1 aliphatic heterocycles. The van der Waals surface area contributed by atoms with Crippen molar-refractivity contribution in [2.24, 2.45) is 11.8 Å². The molecule has 0 aromatic rings. The summed E-state index contributed by atoms with van der Waals surface area (Å²) in [4.78, 5) is 10.8. The maximum Gasteiger partial charge on any atom is 0.311 e. The van der Waals surface area contributed by atoms with E-state index in [-0.39, 0.29) is 19.5 Å². The molecule has 0 aromatic carbocycles. The van der Waals surface area contributed by atoms with Gasteiger partial charge in [0.2, 0.25) is 0 Å². The van der Waals surface area contributed by atoms with E-state index in [1.165, 1.54) is 0 Å². The molecule has 0 atom stereocenters. The molecule has 0 aromatic heterocycles. The highest BCUT2D eigenvalue weighted by Gasteiger charge is 2.34. The number of carbonyl (C=O) groups is 1. The summed E-state index contributed by atoms with van der Waals surface area (Å²) in [7, 11) is 0. The largest absolute Gasteiger partial charge is 0.481 e. The molecule has 1 heterocycles. The molecular weight excluding hydrogens is 248 g/mol. The number of aliphatic carboxylic acids is 1. The second kappa shape index (κ2) is 7.22. The molecule has 1 aliphatic carbocycles. The van der Waals surface area contributed by atoms with Gasteiger partial charge in [-0.3, -0.25) is 4.79 Å². The minimum absolute atomic E-state index is 0.220. The van der Waals surface area contributed by atoms with Gasteiger partial charge in [-0.15, -0.1) is 0 Å². The maximum absolute atomic E-state index is 10.8. The zero-order valence-corrected chi connectivity index (χ0v) is 11.5. The number of rotatable bonds is 5. The van der Waals surface area contributed by atoms with E-state index in [0.717, 1.165) is 38.7 Å². The summed E-state index contributed by atoms with van der Waals surface area (Å²) in [5.74, 6) is -0.966. The first-order chi connectivity index (χ1) is 9.20. The third kappa shape index (κ3) is 4.16. The summed E-state index contributed by atoms with van der Waals surface area (Å²) >= 11 is 0. The van der Waals surface area contributed by atoms with Gasteiger partial charge in [0.1, 0.15) is 5.92 Å². The second-order valence-electron chi connectivity index (χ2n) is 5.48. The van der Waals surface area contributed by atoms with Gasteiger partial charge in [0.05, 0.1) is 19.3 Å². The van der Waals surface area contributed by atoms with Gasteiger partial charge in [-0.2, -0.15) is 0 Å². The van der Waals surface area contributed by atoms with Crippen LogP contribution in [0.4, 0.5) is 0 Å². The second-order valence-corrected chi connectivity index (χ2v) is 5.48. The molecule has 1 N–H and O–H groups in total. The van der Waals surface area contributed by atoms with E-state index in [1.54, 1.807) is 0 Å². The van der Waals surface area contributed by atoms with Crippen molar-refractivity contribution in [3.05, 3.63) is 0 Å². The van der Waals surface area contributed by atoms with Crippen LogP contribution in [0.1, 0.15) is 39.0 Å². The maximum atomic E-state index is 10.8. The Labute approximate surface area is 114 Å². The van der Waals surface area contributed by atoms with Crippen molar-refractivity contribution in [2.75, 3.05) is 19.8 Å². The van der Waals surface area contributed by atoms with Crippen LogP contribution in [-0.2, 0) is 19.0 Å². The normalized spacial score (nSPS) is 36.1. The third-order valence-electron chi connectivity index (χ3n) is 3.93. The van der Waals surface area contributed by atoms with Crippen LogP contribution >= 0.6 is 0 Å². The lowest BCUT2D eigenvalue weighted by Gasteiger charge is -2.36. The fraction of sp³-hybridized carbons (Fsp3) is 0.929. The Morgan fingerprint density at radius 1 is 1.21 bits per heavy atom. The first kappa shape index (κ1) is 14.8. The minimum Gasteiger partial charge on any atom is -0.481 e. The molecule has 0 spiro atoms. The molecular formula is C14H24O5. The molecule has 5 nitrogen and oxygen atoms in total. The first-order valence-electron chi connectivity index (χ1n) is 7.28. The zero-order chi connectivity index (χ0) is 13.7. The highest BCUT2D eigenvalue weighted by atomic mass is 16.7. The third-order valence-corrected chi connectivity index (χ3v) is 3.93. The molecule has 5 heteroatoms. The van der Waals surface area contributed by atoms with Gasteiger partial charge in [0, 0.05) is 12.5 Å². The van der Waals surface area contributed by atoms with Crippen molar-refractivity contribution < 1.29 is 24.1 Å². The standard InChI is InChI=1S/C14H24O5/c1-2-7-17-12-5-3-10(4-6-12)14-18-8-11(9-19-14)13(15)16/h10-12,14H,2-9H2,1H3,(H,15,16). The summed E-state index contributed by atoms with van der Waals surface area (Å²) in [5, 5.41) is 8.88. The van der Waals surface area contributed by atoms with E-state index in [4.69, 9.17) is 19.3 Å². The Balaban J connectivity index is 1.69. The van der Waals surface area contributed by atoms with E-state index in [2.05, 4.69) is 6.92 Å². The topological polar surface area (TPSA) is 65.0 Å². The van der Waals surface area contributed by atoms with Crippen molar-refractivity contribution in [3.63, 3.8) is 0 Å². The molecule has 0 radical (unpaired) electrons. The van der Waals surface area contributed by atoms with Crippen LogP contribution in [0.25, 0.3) is 0 Å². The number of hydrogen-bond acceptors (Lipinski definition) is 4. The smallest absolute Gasteiger partial charge is 0.311 e. The lowest BCUT2D eigenvalue weighted by molar-refractivity contribution is -0.232. The average molecular weight is 272 g/mol. The van der Waals surface area contributed by atoms with Gasteiger partial charge < -0.3 is 19.3 Å². The summed E-state index contributed by atoms with van der Waals surface area (Å²) in [6.45, 7) is 3.50. The number of hydrogen-bond donors (Lipinski definition) is 1. The van der Waals surface area contributed by atoms with Gasteiger partial charge in [-0.1, -0.05) is 6.92 Å². The molecule has 1 saturated carbocycles. The summed E-state index contributed by atoms with van der Waals surface area (Å²) in [5.41, 5.74) is 0. The van der Waals surface area contributed by atoms with E-state index in [0.29, 0.717) is 12.0 Å². The highest BCUT2D eigenvalue weighted by molar-refractivity contribution is 5.70. The summed E-state index contributed by atoms with van der Waals surface area (Å²) < 4.78 is 16.9. The molecule has 1 saturated heterocycles. The molecule has 0 amide bonds. The highest BCUT2D eigenvalue weighted by Crippen LogP contribution is 2.32. The van der Waals surface area contributed by atoms with Crippen LogP contribution in [0.3, 0.4) is 0 Å². The van der Waals surface area contributed by atoms with Crippen molar-refractivity contribution in [3.8, 4) is 0 Å². The van der Waals surface area contributed by atoms with Crippen molar-refractivity contribution in [2.45, 2.75) is 51.4 Å². The van der Waals surface area contributed by atoms with Crippen LogP contribution in [0, 0.1) is 11.8 Å². The molecule has 110 valence electrons. The van der Waals surface area contributed by atoms with Crippen LogP contribution in [0.2, 0.25) is 0 Å². The Morgan fingerprint density at radius 3 is 2.37 bits per heavy atom. The van der Waals surface area contributed by atoms with E-state index >= 15 is 0 Å². The molecule has 0 unspecified atom stereocenters. The zero-order valence-electron chi connectivity index (χ0n) is 11.5. The molecule has 0 bridgehead atoms. The average Bonchev–Trinajstić information content (AvgIpc) is 2.46. The fourth-order valence-electron chi connectivity index (χ4n) is 2.74. The SMILES string of the molecule is CCCOC1CCC(C2OCC(C(=O)O)CO2)CC1. The molecule has 2 rings (SSSR count). The minimum atomic E-state index is -0.838. The summed E-state index contributed by atoms with van der Waals surface area (Å²) in [6.07, 6.45) is 5.40. The summed E-state index contributed by atoms with van der Waals surface area (Å²) in [6, 6.07) is 0. The fourth-order valence-corrected chi connectivity index (χ4v) is 2.74. The van der Waals surface area contributed by atoms with Gasteiger partial charge >= 0.3 is 5.97 Å². The number of carboxylic acid groups (broad SMARTS) is 1. The quantitative estimate of drug-likeness (QED) is 0.829. The van der Waals surface area contributed by atoms with Gasteiger partial charge in [0.25, 0.3) is 0 Å². The Hall–Kier alpha value is -0.650. The Kier molecular flexibility index (Phi) is 5.60. The lowest BCUT2D eigenvalue weighted by atomic mass is 9.86. The van der Waals surface area contributed by atoms with E-state index in [9.17, 15) is 4.79 Å². The predicted molar refractivity (Wildman–Crippen MR) is 68.8 cm³/mol. The predicted octanol–water partition coefficient (Wildman–Crippen LogP) is 2.05. The van der Waals surface area contributed by atoms with E-state index in [1.807, 2.05) is 0 Å². The molecule has 19 heavy (non-hydrogen) atoms. The van der Waals surface area contributed by atoms with Gasteiger partial charge in [-0.25, -0.2) is 0 Å². The Bertz CT molecular complexity index is 278. The monoisotopic (exact) mass is 272 g/mol. The Morgan fingerprint density at radius 2 is 1.84 bits per heavy atom. The van der Waals surface area contributed by atoms with Crippen LogP contribution in [-0.4, -0.2) is 43.3 Å². The van der Waals surface area contributed by atoms with Gasteiger partial charge in [-0.05, 0) is 32.1 Å². The van der Waals surface area contributed by atoms with Gasteiger partial charge in [0.15, 0.2) is 6.29 Å². The molecule has 2 fully saturated rings. The van der Waals surface area contributed by atoms with Crippen molar-refractivity contribution >= 4 is 5.97 Å². The van der Waals surface area contributed by atoms with E-state index < -0.39 is 11.9 Å². The lowest BCUT2D eigenvalue weighted by Crippen LogP contribution is -2.41. The van der Waals surface area contributed by atoms with Crippen LogP contribution < -0.4 is 0 Å². The number of ether oxygens (including phenoxy) is 3. The van der Waals surface area contributed by atoms with Crippen LogP contribution in [0.15, 0.2) is 0 Å².